The first-order valence-electron chi connectivity index (χ1n) is 8.47. The molecule has 1 rings (SSSR count). The Balaban J connectivity index is 3.48. The summed E-state index contributed by atoms with van der Waals surface area (Å²) in [5, 5.41) is 0. The molecule has 7 nitrogen and oxygen atoms in total. The highest BCUT2D eigenvalue weighted by Gasteiger charge is 2.59. The van der Waals surface area contributed by atoms with Crippen LogP contribution in [0.4, 0.5) is 17.6 Å². The Morgan fingerprint density at radius 2 is 1.04 bits per heavy atom. The van der Waals surface area contributed by atoms with Gasteiger partial charge in [-0.2, -0.15) is 17.6 Å². The monoisotopic (exact) mass is 451 g/mol. The van der Waals surface area contributed by atoms with Crippen LogP contribution in [0.25, 0.3) is 0 Å². The van der Waals surface area contributed by atoms with Crippen molar-refractivity contribution in [3.63, 3.8) is 0 Å². The average molecular weight is 451 g/mol. The summed E-state index contributed by atoms with van der Waals surface area (Å²) in [7, 11) is -10.1. The summed E-state index contributed by atoms with van der Waals surface area (Å²) in [6.07, 6.45) is 0. The Hall–Kier alpha value is -0.830. The zero-order chi connectivity index (χ0) is 21.6. The molecule has 0 aliphatic rings. The maximum absolute atomic E-state index is 14.8. The standard InChI is InChI=1S/C15H23F4NO6P2/c1-5-23-27(21,24-6-2)14(16,17)12-10-9-11-13(20-12)15(18,19)28(22,25-7-3)26-8-4/h9-11H,5-8H2,1-4H3. The molecule has 0 saturated carbocycles. The highest BCUT2D eigenvalue weighted by atomic mass is 31.2. The first kappa shape index (κ1) is 25.2. The summed E-state index contributed by atoms with van der Waals surface area (Å²) in [6, 6.07) is 2.22. The lowest BCUT2D eigenvalue weighted by molar-refractivity contribution is 0.0228. The first-order chi connectivity index (χ1) is 13.0. The molecular weight excluding hydrogens is 428 g/mol. The van der Waals surface area contributed by atoms with E-state index in [-0.39, 0.29) is 26.4 Å². The van der Waals surface area contributed by atoms with E-state index in [1.807, 2.05) is 0 Å². The van der Waals surface area contributed by atoms with Crippen molar-refractivity contribution in [3.8, 4) is 0 Å². The molecule has 0 aromatic carbocycles. The molecule has 0 radical (unpaired) electrons. The van der Waals surface area contributed by atoms with Crippen molar-refractivity contribution >= 4 is 15.2 Å². The second-order valence-electron chi connectivity index (χ2n) is 5.16. The van der Waals surface area contributed by atoms with Crippen LogP contribution in [0.3, 0.4) is 0 Å². The molecule has 1 heterocycles. The van der Waals surface area contributed by atoms with E-state index in [2.05, 4.69) is 23.1 Å². The smallest absolute Gasteiger partial charge is 0.304 e. The lowest BCUT2D eigenvalue weighted by Gasteiger charge is -2.27. The van der Waals surface area contributed by atoms with Gasteiger partial charge in [-0.15, -0.1) is 0 Å². The van der Waals surface area contributed by atoms with Crippen molar-refractivity contribution in [1.29, 1.82) is 0 Å². The number of alkyl halides is 4. The van der Waals surface area contributed by atoms with Gasteiger partial charge in [-0.3, -0.25) is 9.13 Å². The second kappa shape index (κ2) is 9.78. The van der Waals surface area contributed by atoms with Crippen LogP contribution >= 0.6 is 15.2 Å². The SMILES string of the molecule is CCOP(=O)(OCC)C(F)(F)c1cccc(C(F)(F)P(=O)(OCC)OCC)n1. The molecule has 0 aliphatic heterocycles. The average Bonchev–Trinajstić information content (AvgIpc) is 2.62. The van der Waals surface area contributed by atoms with Gasteiger partial charge in [-0.05, 0) is 39.8 Å². The van der Waals surface area contributed by atoms with Gasteiger partial charge in [0.05, 0.1) is 26.4 Å². The van der Waals surface area contributed by atoms with Crippen LogP contribution < -0.4 is 0 Å². The van der Waals surface area contributed by atoms with Crippen molar-refractivity contribution in [2.75, 3.05) is 26.4 Å². The molecule has 1 aromatic rings. The zero-order valence-electron chi connectivity index (χ0n) is 15.9. The van der Waals surface area contributed by atoms with E-state index in [1.54, 1.807) is 0 Å². The van der Waals surface area contributed by atoms with E-state index >= 15 is 0 Å². The zero-order valence-corrected chi connectivity index (χ0v) is 17.7. The molecule has 0 bridgehead atoms. The number of pyridine rings is 1. The summed E-state index contributed by atoms with van der Waals surface area (Å²) in [4.78, 5) is 3.21. The van der Waals surface area contributed by atoms with Crippen molar-refractivity contribution in [1.82, 2.24) is 4.98 Å². The van der Waals surface area contributed by atoms with E-state index in [1.165, 1.54) is 27.7 Å². The van der Waals surface area contributed by atoms with Crippen molar-refractivity contribution in [3.05, 3.63) is 29.6 Å². The maximum atomic E-state index is 14.8. The Bertz CT molecular complexity index is 672. The van der Waals surface area contributed by atoms with E-state index in [4.69, 9.17) is 0 Å². The van der Waals surface area contributed by atoms with Gasteiger partial charge in [0.15, 0.2) is 0 Å². The van der Waals surface area contributed by atoms with Gasteiger partial charge in [0.2, 0.25) is 0 Å². The minimum absolute atomic E-state index is 0.368. The van der Waals surface area contributed by atoms with Crippen LogP contribution in [0.5, 0.6) is 0 Å². The third kappa shape index (κ3) is 4.83. The summed E-state index contributed by atoms with van der Waals surface area (Å²) >= 11 is 0. The largest absolute Gasteiger partial charge is 0.406 e. The highest BCUT2D eigenvalue weighted by molar-refractivity contribution is 7.55. The number of hydrogen-bond donors (Lipinski definition) is 0. The number of aromatic nitrogens is 1. The first-order valence-corrected chi connectivity index (χ1v) is 11.6. The molecule has 0 fully saturated rings. The molecule has 162 valence electrons. The van der Waals surface area contributed by atoms with Gasteiger partial charge >= 0.3 is 26.5 Å². The van der Waals surface area contributed by atoms with E-state index in [0.717, 1.165) is 6.07 Å². The number of hydrogen-bond acceptors (Lipinski definition) is 7. The second-order valence-corrected chi connectivity index (χ2v) is 9.30. The van der Waals surface area contributed by atoms with Gasteiger partial charge < -0.3 is 18.1 Å². The molecule has 0 spiro atoms. The fourth-order valence-electron chi connectivity index (χ4n) is 2.13. The van der Waals surface area contributed by atoms with E-state index in [9.17, 15) is 26.7 Å². The third-order valence-electron chi connectivity index (χ3n) is 3.25. The van der Waals surface area contributed by atoms with E-state index in [0.29, 0.717) is 12.1 Å². The fourth-order valence-corrected chi connectivity index (χ4v) is 5.10. The third-order valence-corrected chi connectivity index (χ3v) is 7.48. The molecule has 0 amide bonds. The molecule has 0 atom stereocenters. The molecule has 0 unspecified atom stereocenters. The molecule has 0 saturated heterocycles. The maximum Gasteiger partial charge on any atom is 0.406 e. The molecule has 13 heteroatoms. The molecule has 28 heavy (non-hydrogen) atoms. The van der Waals surface area contributed by atoms with Gasteiger partial charge in [0, 0.05) is 0 Å². The summed E-state index contributed by atoms with van der Waals surface area (Å²) < 4.78 is 103. The molecule has 0 N–H and O–H groups in total. The van der Waals surface area contributed by atoms with Gasteiger partial charge in [0.1, 0.15) is 11.4 Å². The molecule has 1 aromatic heterocycles. The summed E-state index contributed by atoms with van der Waals surface area (Å²) in [5.74, 6) is 0. The van der Waals surface area contributed by atoms with Crippen LogP contribution in [0.2, 0.25) is 0 Å². The summed E-state index contributed by atoms with van der Waals surface area (Å²) in [6.45, 7) is 3.80. The minimum atomic E-state index is -5.05. The summed E-state index contributed by atoms with van der Waals surface area (Å²) in [5.41, 5.74) is -11.2. The Morgan fingerprint density at radius 3 is 1.29 bits per heavy atom. The minimum Gasteiger partial charge on any atom is -0.304 e. The number of nitrogens with zero attached hydrogens (tertiary/aromatic N) is 1. The quantitative estimate of drug-likeness (QED) is 0.297. The predicted molar refractivity (Wildman–Crippen MR) is 93.7 cm³/mol. The number of rotatable bonds is 12. The van der Waals surface area contributed by atoms with Gasteiger partial charge in [-0.25, -0.2) is 4.98 Å². The predicted octanol–water partition coefficient (Wildman–Crippen LogP) is 5.71. The lowest BCUT2D eigenvalue weighted by Crippen LogP contribution is -2.24. The van der Waals surface area contributed by atoms with Crippen LogP contribution in [-0.4, -0.2) is 31.4 Å². The highest BCUT2D eigenvalue weighted by Crippen LogP contribution is 2.68. The Labute approximate surface area is 160 Å². The normalized spacial score (nSPS) is 13.7. The Kier molecular flexibility index (Phi) is 8.81. The van der Waals surface area contributed by atoms with E-state index < -0.39 is 37.9 Å². The van der Waals surface area contributed by atoms with Crippen LogP contribution in [0.1, 0.15) is 39.1 Å². The van der Waals surface area contributed by atoms with Crippen LogP contribution in [0.15, 0.2) is 18.2 Å². The van der Waals surface area contributed by atoms with Crippen LogP contribution in [0, 0.1) is 0 Å². The number of halogens is 4. The molecular formula is C15H23F4NO6P2. The fraction of sp³-hybridized carbons (Fsp3) is 0.667. The Morgan fingerprint density at radius 1 is 0.750 bits per heavy atom. The van der Waals surface area contributed by atoms with Gasteiger partial charge in [-0.1, -0.05) is 6.07 Å². The van der Waals surface area contributed by atoms with Crippen molar-refractivity contribution in [2.45, 2.75) is 39.0 Å². The van der Waals surface area contributed by atoms with Crippen molar-refractivity contribution < 1.29 is 44.8 Å². The topological polar surface area (TPSA) is 84.0 Å². The van der Waals surface area contributed by atoms with Crippen LogP contribution in [-0.2, 0) is 38.6 Å². The van der Waals surface area contributed by atoms with Gasteiger partial charge in [0.25, 0.3) is 0 Å². The lowest BCUT2D eigenvalue weighted by atomic mass is 10.3. The van der Waals surface area contributed by atoms with Crippen molar-refractivity contribution in [2.24, 2.45) is 0 Å². The molecule has 0 aliphatic carbocycles.